The fourth-order valence-electron chi connectivity index (χ4n) is 2.62. The van der Waals surface area contributed by atoms with Crippen LogP contribution in [0.4, 0.5) is 4.79 Å². The van der Waals surface area contributed by atoms with E-state index in [9.17, 15) is 9.90 Å². The van der Waals surface area contributed by atoms with Gasteiger partial charge in [0.05, 0.1) is 11.6 Å². The summed E-state index contributed by atoms with van der Waals surface area (Å²) in [5.74, 6) is 0. The van der Waals surface area contributed by atoms with Crippen LogP contribution in [0.2, 0.25) is 0 Å². The Hall–Kier alpha value is -1.07. The molecule has 1 aliphatic heterocycles. The van der Waals surface area contributed by atoms with Gasteiger partial charge in [-0.05, 0) is 38.5 Å². The fraction of sp³-hybridized carbons (Fsp3) is 0.562. The zero-order valence-electron chi connectivity index (χ0n) is 12.7. The number of benzene rings is 1. The maximum atomic E-state index is 12.2. The number of carbonyl (C=O) groups is 1. The first kappa shape index (κ1) is 16.3. The van der Waals surface area contributed by atoms with Crippen LogP contribution in [0.5, 0.6) is 0 Å². The fourth-order valence-corrected chi connectivity index (χ4v) is 2.88. The zero-order chi connectivity index (χ0) is 15.6. The maximum Gasteiger partial charge on any atom is 0.410 e. The smallest absolute Gasteiger partial charge is 0.410 e. The van der Waals surface area contributed by atoms with Gasteiger partial charge in [-0.3, -0.25) is 0 Å². The summed E-state index contributed by atoms with van der Waals surface area (Å²) in [7, 11) is 0. The molecule has 0 bridgehead atoms. The minimum Gasteiger partial charge on any atom is -0.446 e. The maximum absolute atomic E-state index is 12.2. The minimum absolute atomic E-state index is 0.0197. The number of carbonyl (C=O) groups excluding carboxylic acids is 1. The van der Waals surface area contributed by atoms with E-state index in [0.717, 1.165) is 16.5 Å². The van der Waals surface area contributed by atoms with E-state index in [2.05, 4.69) is 15.9 Å². The van der Waals surface area contributed by atoms with Gasteiger partial charge < -0.3 is 14.7 Å². The van der Waals surface area contributed by atoms with Crippen LogP contribution in [0.1, 0.15) is 45.2 Å². The lowest BCUT2D eigenvalue weighted by molar-refractivity contribution is -0.0309. The van der Waals surface area contributed by atoms with E-state index in [4.69, 9.17) is 4.74 Å². The third-order valence-corrected chi connectivity index (χ3v) is 4.27. The molecule has 1 aromatic rings. The quantitative estimate of drug-likeness (QED) is 0.891. The Morgan fingerprint density at radius 1 is 1.43 bits per heavy atom. The number of halogens is 1. The van der Waals surface area contributed by atoms with Gasteiger partial charge in [-0.25, -0.2) is 4.79 Å². The van der Waals surface area contributed by atoms with Crippen molar-refractivity contribution in [1.29, 1.82) is 0 Å². The molecule has 1 saturated heterocycles. The average Bonchev–Trinajstić information content (AvgIpc) is 2.37. The average molecular weight is 356 g/mol. The lowest BCUT2D eigenvalue weighted by atomic mass is 9.97. The van der Waals surface area contributed by atoms with Gasteiger partial charge >= 0.3 is 6.09 Å². The van der Waals surface area contributed by atoms with Gasteiger partial charge in [0, 0.05) is 23.9 Å². The van der Waals surface area contributed by atoms with E-state index in [1.165, 1.54) is 0 Å². The van der Waals surface area contributed by atoms with E-state index < -0.39 is 5.60 Å². The first-order chi connectivity index (χ1) is 9.76. The van der Waals surface area contributed by atoms with Gasteiger partial charge in [-0.1, -0.05) is 28.1 Å². The molecule has 1 aliphatic rings. The van der Waals surface area contributed by atoms with Crippen LogP contribution in [0, 0.1) is 0 Å². The summed E-state index contributed by atoms with van der Waals surface area (Å²) in [4.78, 5) is 13.9. The number of hydrogen-bond donors (Lipinski definition) is 1. The highest BCUT2D eigenvalue weighted by Crippen LogP contribution is 2.28. The molecule has 1 fully saturated rings. The van der Waals surface area contributed by atoms with Crippen molar-refractivity contribution in [2.75, 3.05) is 6.54 Å². The monoisotopic (exact) mass is 355 g/mol. The molecule has 1 aromatic carbocycles. The van der Waals surface area contributed by atoms with Crippen LogP contribution >= 0.6 is 15.9 Å². The highest BCUT2D eigenvalue weighted by molar-refractivity contribution is 9.10. The van der Waals surface area contributed by atoms with Gasteiger partial charge in [-0.15, -0.1) is 0 Å². The molecular weight excluding hydrogens is 334 g/mol. The van der Waals surface area contributed by atoms with Crippen molar-refractivity contribution in [2.24, 2.45) is 0 Å². The number of amides is 1. The van der Waals surface area contributed by atoms with Gasteiger partial charge in [0.1, 0.15) is 6.10 Å². The van der Waals surface area contributed by atoms with Crippen LogP contribution in [-0.2, 0) is 4.74 Å². The number of cyclic esters (lactones) is 1. The normalized spacial score (nSPS) is 21.1. The van der Waals surface area contributed by atoms with Gasteiger partial charge in [0.2, 0.25) is 0 Å². The van der Waals surface area contributed by atoms with E-state index in [-0.39, 0.29) is 18.2 Å². The molecule has 2 atom stereocenters. The predicted octanol–water partition coefficient (Wildman–Crippen LogP) is 3.88. The number of aliphatic hydroxyl groups is 1. The largest absolute Gasteiger partial charge is 0.446 e. The van der Waals surface area contributed by atoms with Gasteiger partial charge in [0.25, 0.3) is 0 Å². The summed E-state index contributed by atoms with van der Waals surface area (Å²) < 4.78 is 6.48. The van der Waals surface area contributed by atoms with Gasteiger partial charge in [-0.2, -0.15) is 0 Å². The van der Waals surface area contributed by atoms with Crippen LogP contribution in [0.15, 0.2) is 28.7 Å². The second-order valence-electron chi connectivity index (χ2n) is 6.23. The van der Waals surface area contributed by atoms with Crippen molar-refractivity contribution in [1.82, 2.24) is 4.90 Å². The van der Waals surface area contributed by atoms with Crippen molar-refractivity contribution in [2.45, 2.75) is 51.4 Å². The van der Waals surface area contributed by atoms with Crippen LogP contribution in [0.25, 0.3) is 0 Å². The van der Waals surface area contributed by atoms with Crippen LogP contribution in [0.3, 0.4) is 0 Å². The topological polar surface area (TPSA) is 49.8 Å². The highest BCUT2D eigenvalue weighted by atomic mass is 79.9. The molecule has 0 unspecified atom stereocenters. The van der Waals surface area contributed by atoms with Crippen molar-refractivity contribution in [3.05, 3.63) is 34.3 Å². The molecule has 4 nitrogen and oxygen atoms in total. The summed E-state index contributed by atoms with van der Waals surface area (Å²) in [6, 6.07) is 7.93. The Kier molecular flexibility index (Phi) is 4.94. The van der Waals surface area contributed by atoms with E-state index in [1.807, 2.05) is 31.2 Å². The Labute approximate surface area is 134 Å². The first-order valence-corrected chi connectivity index (χ1v) is 8.01. The van der Waals surface area contributed by atoms with Crippen molar-refractivity contribution < 1.29 is 14.6 Å². The molecule has 2 rings (SSSR count). The minimum atomic E-state index is -0.815. The second-order valence-corrected chi connectivity index (χ2v) is 7.15. The second kappa shape index (κ2) is 6.36. The summed E-state index contributed by atoms with van der Waals surface area (Å²) in [6.45, 7) is 6.12. The molecule has 1 amide bonds. The van der Waals surface area contributed by atoms with Crippen LogP contribution < -0.4 is 0 Å². The predicted molar refractivity (Wildman–Crippen MR) is 85.1 cm³/mol. The standard InChI is InChI=1S/C16H22BrNO3/c1-11(12-4-6-13(17)7-5-12)18-9-8-14(21-15(18)19)10-16(2,3)20/h4-7,11,14,20H,8-10H2,1-3H3/t11-,14-/m0/s1. The molecule has 21 heavy (non-hydrogen) atoms. The summed E-state index contributed by atoms with van der Waals surface area (Å²) in [5, 5.41) is 9.83. The molecule has 5 heteroatoms. The Bertz CT molecular complexity index is 495. The van der Waals surface area contributed by atoms with Crippen molar-refractivity contribution >= 4 is 22.0 Å². The SMILES string of the molecule is C[C@@H](c1ccc(Br)cc1)N1CC[C@@H](CC(C)(C)O)OC1=O. The van der Waals surface area contributed by atoms with E-state index >= 15 is 0 Å². The zero-order valence-corrected chi connectivity index (χ0v) is 14.3. The summed E-state index contributed by atoms with van der Waals surface area (Å²) >= 11 is 3.41. The summed E-state index contributed by atoms with van der Waals surface area (Å²) in [5.41, 5.74) is 0.265. The molecule has 1 heterocycles. The van der Waals surface area contributed by atoms with Gasteiger partial charge in [0.15, 0.2) is 0 Å². The van der Waals surface area contributed by atoms with Crippen molar-refractivity contribution in [3.63, 3.8) is 0 Å². The Morgan fingerprint density at radius 2 is 2.05 bits per heavy atom. The third-order valence-electron chi connectivity index (χ3n) is 3.74. The lowest BCUT2D eigenvalue weighted by Crippen LogP contribution is -2.45. The molecule has 0 spiro atoms. The van der Waals surface area contributed by atoms with E-state index in [0.29, 0.717) is 13.0 Å². The first-order valence-electron chi connectivity index (χ1n) is 7.21. The molecule has 1 N–H and O–H groups in total. The van der Waals surface area contributed by atoms with E-state index in [1.54, 1.807) is 18.7 Å². The molecule has 0 saturated carbocycles. The highest BCUT2D eigenvalue weighted by Gasteiger charge is 2.33. The number of hydrogen-bond acceptors (Lipinski definition) is 3. The summed E-state index contributed by atoms with van der Waals surface area (Å²) in [6.07, 6.45) is 0.715. The Balaban J connectivity index is 2.00. The Morgan fingerprint density at radius 3 is 2.57 bits per heavy atom. The lowest BCUT2D eigenvalue weighted by Gasteiger charge is -2.37. The van der Waals surface area contributed by atoms with Crippen molar-refractivity contribution in [3.8, 4) is 0 Å². The molecule has 0 radical (unpaired) electrons. The number of nitrogens with zero attached hydrogens (tertiary/aromatic N) is 1. The number of rotatable bonds is 4. The third kappa shape index (κ3) is 4.45. The molecule has 0 aromatic heterocycles. The number of ether oxygens (including phenoxy) is 1. The molecule has 0 aliphatic carbocycles. The van der Waals surface area contributed by atoms with Crippen LogP contribution in [-0.4, -0.2) is 34.3 Å². The molecule has 116 valence electrons. The molecular formula is C16H22BrNO3.